The zero-order chi connectivity index (χ0) is 19.4. The van der Waals surface area contributed by atoms with Crippen molar-refractivity contribution in [2.75, 3.05) is 0 Å². The minimum atomic E-state index is -7.04. The summed E-state index contributed by atoms with van der Waals surface area (Å²) in [5.74, 6) is -7.04. The number of hydrogen-bond acceptors (Lipinski definition) is 0. The van der Waals surface area contributed by atoms with Crippen LogP contribution >= 0.6 is 22.6 Å². The molecule has 0 heterocycles. The molecule has 1 atom stereocenters. The van der Waals surface area contributed by atoms with Gasteiger partial charge in [0.1, 0.15) is 0 Å². The molecule has 1 radical (unpaired) electrons. The fourth-order valence-corrected chi connectivity index (χ4v) is 2.23. The molecular formula is C11H2F12I. The molecule has 0 bridgehead atoms. The van der Waals surface area contributed by atoms with Gasteiger partial charge in [0, 0.05) is 15.2 Å². The van der Waals surface area contributed by atoms with Crippen molar-refractivity contribution in [1.29, 1.82) is 0 Å². The van der Waals surface area contributed by atoms with Crippen LogP contribution in [0.3, 0.4) is 0 Å². The van der Waals surface area contributed by atoms with E-state index in [1.807, 2.05) is 0 Å². The van der Waals surface area contributed by atoms with Crippen LogP contribution in [0.1, 0.15) is 11.1 Å². The summed E-state index contributed by atoms with van der Waals surface area (Å²) in [4.78, 5) is 0. The van der Waals surface area contributed by atoms with E-state index < -0.39 is 50.9 Å². The highest BCUT2D eigenvalue weighted by atomic mass is 127. The molecule has 0 aromatic heterocycles. The Morgan fingerprint density at radius 1 is 0.708 bits per heavy atom. The van der Waals surface area contributed by atoms with Gasteiger partial charge < -0.3 is 0 Å². The van der Waals surface area contributed by atoms with Gasteiger partial charge in [-0.1, -0.05) is 0 Å². The third-order valence-corrected chi connectivity index (χ3v) is 3.30. The van der Waals surface area contributed by atoms with E-state index in [0.29, 0.717) is 0 Å². The molecule has 1 rings (SSSR count). The van der Waals surface area contributed by atoms with Gasteiger partial charge in [-0.3, -0.25) is 0 Å². The van der Waals surface area contributed by atoms with Crippen LogP contribution in [0.25, 0.3) is 0 Å². The summed E-state index contributed by atoms with van der Waals surface area (Å²) in [6, 6.07) is 0.401. The van der Waals surface area contributed by atoms with Gasteiger partial charge in [-0.05, 0) is 34.7 Å². The maximum absolute atomic E-state index is 14.1. The molecule has 1 aromatic carbocycles. The average molecular weight is 489 g/mol. The van der Waals surface area contributed by atoms with Gasteiger partial charge in [0.25, 0.3) is 0 Å². The molecule has 1 aromatic rings. The molecule has 0 amide bonds. The summed E-state index contributed by atoms with van der Waals surface area (Å²) in [6.07, 6.45) is -19.3. The molecular weight excluding hydrogens is 487 g/mol. The van der Waals surface area contributed by atoms with Crippen molar-refractivity contribution < 1.29 is 52.7 Å². The minimum Gasteiger partial charge on any atom is -0.221 e. The highest BCUT2D eigenvalue weighted by Gasteiger charge is 2.81. The fourth-order valence-electron chi connectivity index (χ4n) is 1.60. The lowest BCUT2D eigenvalue weighted by atomic mass is 9.86. The molecule has 0 aliphatic rings. The Bertz CT molecular complexity index is 611. The van der Waals surface area contributed by atoms with Crippen molar-refractivity contribution >= 4 is 22.6 Å². The Hall–Kier alpha value is -0.890. The average Bonchev–Trinajstić information content (AvgIpc) is 2.32. The van der Waals surface area contributed by atoms with Crippen LogP contribution in [0.4, 0.5) is 52.7 Å². The van der Waals surface area contributed by atoms with Crippen molar-refractivity contribution in [2.24, 2.45) is 0 Å². The van der Waals surface area contributed by atoms with Crippen molar-refractivity contribution in [3.8, 4) is 0 Å². The molecule has 0 saturated carbocycles. The van der Waals surface area contributed by atoms with Crippen LogP contribution in [0.5, 0.6) is 0 Å². The highest BCUT2D eigenvalue weighted by Crippen LogP contribution is 2.58. The lowest BCUT2D eigenvalue weighted by molar-refractivity contribution is -0.389. The summed E-state index contributed by atoms with van der Waals surface area (Å²) in [7, 11) is 0. The summed E-state index contributed by atoms with van der Waals surface area (Å²) >= 11 is 0.873. The zero-order valence-corrected chi connectivity index (χ0v) is 12.7. The normalized spacial score (nSPS) is 16.9. The monoisotopic (exact) mass is 489 g/mol. The maximum atomic E-state index is 14.1. The Morgan fingerprint density at radius 3 is 1.50 bits per heavy atom. The van der Waals surface area contributed by atoms with Crippen LogP contribution < -0.4 is 0 Å². The molecule has 0 aliphatic heterocycles. The molecule has 0 nitrogen and oxygen atoms in total. The number of rotatable bonds is 2. The topological polar surface area (TPSA) is 0 Å². The van der Waals surface area contributed by atoms with Gasteiger partial charge >= 0.3 is 30.1 Å². The third-order valence-electron chi connectivity index (χ3n) is 2.72. The first-order chi connectivity index (χ1) is 10.4. The first kappa shape index (κ1) is 21.2. The molecule has 0 saturated heterocycles. The Kier molecular flexibility index (Phi) is 5.14. The second-order valence-corrected chi connectivity index (χ2v) is 5.52. The van der Waals surface area contributed by atoms with Crippen LogP contribution in [0.2, 0.25) is 0 Å². The maximum Gasteiger partial charge on any atom is 0.457 e. The summed E-state index contributed by atoms with van der Waals surface area (Å²) in [5.41, 5.74) is -11.1. The molecule has 0 aliphatic carbocycles. The van der Waals surface area contributed by atoms with Crippen LogP contribution in [0.15, 0.2) is 12.1 Å². The minimum absolute atomic E-state index is 0.219. The van der Waals surface area contributed by atoms with Crippen molar-refractivity contribution in [1.82, 2.24) is 0 Å². The Morgan fingerprint density at radius 2 is 1.17 bits per heavy atom. The quantitative estimate of drug-likeness (QED) is 0.352. The van der Waals surface area contributed by atoms with E-state index in [1.54, 1.807) is 0 Å². The van der Waals surface area contributed by atoms with Gasteiger partial charge in [-0.15, -0.1) is 0 Å². The van der Waals surface area contributed by atoms with Gasteiger partial charge in [-0.25, -0.2) is 4.39 Å². The zero-order valence-electron chi connectivity index (χ0n) is 10.6. The van der Waals surface area contributed by atoms with E-state index in [-0.39, 0.29) is 6.07 Å². The first-order valence-electron chi connectivity index (χ1n) is 5.36. The largest absolute Gasteiger partial charge is 0.457 e. The molecule has 0 N–H and O–H groups in total. The molecule has 137 valence electrons. The van der Waals surface area contributed by atoms with Crippen LogP contribution in [-0.2, 0) is 11.8 Å². The van der Waals surface area contributed by atoms with Crippen molar-refractivity contribution in [3.05, 3.63) is 32.9 Å². The fraction of sp³-hybridized carbons (Fsp3) is 0.455. The van der Waals surface area contributed by atoms with E-state index in [0.717, 1.165) is 22.6 Å². The summed E-state index contributed by atoms with van der Waals surface area (Å²) in [6.45, 7) is 0. The van der Waals surface area contributed by atoms with Gasteiger partial charge in [0.15, 0.2) is 0 Å². The smallest absolute Gasteiger partial charge is 0.221 e. The molecule has 13 heteroatoms. The second kappa shape index (κ2) is 5.83. The van der Waals surface area contributed by atoms with Gasteiger partial charge in [0.05, 0.1) is 5.56 Å². The number of halogens is 13. The Labute approximate surface area is 139 Å². The predicted octanol–water partition coefficient (Wildman–Crippen LogP) is 6.03. The lowest BCUT2D eigenvalue weighted by Gasteiger charge is -2.36. The van der Waals surface area contributed by atoms with Crippen LogP contribution in [0, 0.1) is 9.64 Å². The number of hydrogen-bond donors (Lipinski definition) is 0. The van der Waals surface area contributed by atoms with E-state index in [9.17, 15) is 52.7 Å². The SMILES string of the molecule is FC(F)(F)c1[c]c(I)cc(C(F)(C(F)(F)F)C(F)(F)C(F)(F)F)c1. The second-order valence-electron chi connectivity index (χ2n) is 4.36. The predicted molar refractivity (Wildman–Crippen MR) is 62.8 cm³/mol. The molecule has 24 heavy (non-hydrogen) atoms. The standard InChI is InChI=1S/C11H2F12I/c12-7(10(18,19)20,9(16,17)11(21,22)23)4-1-5(8(13,14)15)3-6(24)2-4/h1-2H. The summed E-state index contributed by atoms with van der Waals surface area (Å²) < 4.78 is 152. The Balaban J connectivity index is 3.82. The number of benzene rings is 1. The van der Waals surface area contributed by atoms with E-state index in [4.69, 9.17) is 0 Å². The van der Waals surface area contributed by atoms with Gasteiger partial charge in [0.2, 0.25) is 0 Å². The van der Waals surface area contributed by atoms with Crippen LogP contribution in [-0.4, -0.2) is 18.3 Å². The van der Waals surface area contributed by atoms with E-state index in [2.05, 4.69) is 0 Å². The number of alkyl halides is 12. The first-order valence-corrected chi connectivity index (χ1v) is 6.44. The van der Waals surface area contributed by atoms with Crippen molar-refractivity contribution in [3.63, 3.8) is 0 Å². The highest BCUT2D eigenvalue weighted by molar-refractivity contribution is 14.1. The van der Waals surface area contributed by atoms with Gasteiger partial charge in [-0.2, -0.15) is 48.3 Å². The molecule has 0 spiro atoms. The van der Waals surface area contributed by atoms with Crippen molar-refractivity contribution in [2.45, 2.75) is 30.1 Å². The summed E-state index contributed by atoms with van der Waals surface area (Å²) in [5, 5.41) is 0. The van der Waals surface area contributed by atoms with E-state index in [1.165, 1.54) is 6.07 Å². The molecule has 1 unspecified atom stereocenters. The molecule has 0 fully saturated rings. The lowest BCUT2D eigenvalue weighted by Crippen LogP contribution is -2.59. The third kappa shape index (κ3) is 3.40. The van der Waals surface area contributed by atoms with E-state index >= 15 is 0 Å².